The van der Waals surface area contributed by atoms with Crippen LogP contribution in [0.5, 0.6) is 11.5 Å². The lowest BCUT2D eigenvalue weighted by molar-refractivity contribution is -0.275. The number of aliphatic hydroxyl groups is 1. The van der Waals surface area contributed by atoms with Gasteiger partial charge >= 0.3 is 6.36 Å². The van der Waals surface area contributed by atoms with Crippen molar-refractivity contribution < 1.29 is 32.5 Å². The summed E-state index contributed by atoms with van der Waals surface area (Å²) in [5, 5.41) is 17.8. The van der Waals surface area contributed by atoms with Gasteiger partial charge in [0.25, 0.3) is 0 Å². The van der Waals surface area contributed by atoms with Gasteiger partial charge in [0.05, 0.1) is 6.61 Å². The average molecular weight is 241 g/mol. The Bertz CT molecular complexity index is 380. The van der Waals surface area contributed by atoms with Gasteiger partial charge in [-0.1, -0.05) is 0 Å². The lowest BCUT2D eigenvalue weighted by Gasteiger charge is -2.12. The molecule has 8 heteroatoms. The van der Waals surface area contributed by atoms with E-state index in [2.05, 4.69) is 9.72 Å². The third kappa shape index (κ3) is 2.96. The van der Waals surface area contributed by atoms with E-state index in [0.29, 0.717) is 6.07 Å². The van der Waals surface area contributed by atoms with Crippen LogP contribution in [0.2, 0.25) is 0 Å². The van der Waals surface area contributed by atoms with E-state index in [1.165, 1.54) is 0 Å². The Morgan fingerprint density at radius 3 is 2.38 bits per heavy atom. The maximum Gasteiger partial charge on any atom is 0.573 e. The van der Waals surface area contributed by atoms with Crippen LogP contribution in [-0.2, 0) is 13.3 Å². The molecule has 0 aromatic carbocycles. The first-order chi connectivity index (χ1) is 7.37. The molecule has 0 atom stereocenters. The molecule has 2 N–H and O–H groups in total. The normalized spacial score (nSPS) is 11.6. The van der Waals surface area contributed by atoms with Crippen LogP contribution in [0, 0.1) is 0 Å². The van der Waals surface area contributed by atoms with Crippen LogP contribution in [0.4, 0.5) is 17.6 Å². The number of aromatic nitrogens is 1. The van der Waals surface area contributed by atoms with E-state index in [0.717, 1.165) is 0 Å². The summed E-state index contributed by atoms with van der Waals surface area (Å²) in [6.07, 6.45) is -5.00. The number of alkyl halides is 4. The summed E-state index contributed by atoms with van der Waals surface area (Å²) in [6, 6.07) is 0.557. The fourth-order valence-electron chi connectivity index (χ4n) is 0.991. The van der Waals surface area contributed by atoms with Gasteiger partial charge in [0.1, 0.15) is 23.8 Å². The molecule has 1 aromatic rings. The minimum absolute atomic E-state index is 0.317. The molecule has 0 fully saturated rings. The van der Waals surface area contributed by atoms with Crippen molar-refractivity contribution in [3.05, 3.63) is 17.5 Å². The fourth-order valence-corrected chi connectivity index (χ4v) is 0.991. The van der Waals surface area contributed by atoms with Crippen LogP contribution in [0.15, 0.2) is 6.07 Å². The van der Waals surface area contributed by atoms with Crippen molar-refractivity contribution in [2.24, 2.45) is 0 Å². The Morgan fingerprint density at radius 2 is 1.94 bits per heavy atom. The van der Waals surface area contributed by atoms with Crippen molar-refractivity contribution in [2.45, 2.75) is 19.6 Å². The summed E-state index contributed by atoms with van der Waals surface area (Å²) in [5.74, 6) is -1.62. The van der Waals surface area contributed by atoms with Gasteiger partial charge in [-0.25, -0.2) is 9.37 Å². The Hall–Kier alpha value is -1.57. The van der Waals surface area contributed by atoms with E-state index < -0.39 is 36.8 Å². The Morgan fingerprint density at radius 1 is 1.31 bits per heavy atom. The standard InChI is InChI=1S/C8H7F4NO3/c9-2-4-7(16-8(10,11)12)1-6(15)5(3-14)13-4/h1,14-15H,2-3H2. The zero-order chi connectivity index (χ0) is 12.3. The third-order valence-corrected chi connectivity index (χ3v) is 1.62. The summed E-state index contributed by atoms with van der Waals surface area (Å²) >= 11 is 0. The molecular formula is C8H7F4NO3. The second-order valence-corrected chi connectivity index (χ2v) is 2.74. The Kier molecular flexibility index (Phi) is 3.53. The minimum Gasteiger partial charge on any atom is -0.506 e. The quantitative estimate of drug-likeness (QED) is 0.790. The lowest BCUT2D eigenvalue weighted by Crippen LogP contribution is -2.18. The smallest absolute Gasteiger partial charge is 0.506 e. The molecule has 4 nitrogen and oxygen atoms in total. The highest BCUT2D eigenvalue weighted by atomic mass is 19.4. The first kappa shape index (κ1) is 12.5. The predicted octanol–water partition coefficient (Wildman–Crippen LogP) is 1.65. The highest BCUT2D eigenvalue weighted by molar-refractivity contribution is 5.38. The van der Waals surface area contributed by atoms with Crippen molar-refractivity contribution in [3.63, 3.8) is 0 Å². The molecule has 0 bridgehead atoms. The van der Waals surface area contributed by atoms with Gasteiger partial charge in [-0.3, -0.25) is 0 Å². The monoisotopic (exact) mass is 241 g/mol. The molecule has 0 unspecified atom stereocenters. The Labute approximate surface area is 87.1 Å². The molecule has 0 saturated carbocycles. The molecule has 0 aliphatic rings. The molecular weight excluding hydrogens is 234 g/mol. The molecule has 0 saturated heterocycles. The number of pyridine rings is 1. The van der Waals surface area contributed by atoms with Crippen molar-refractivity contribution in [1.29, 1.82) is 0 Å². The van der Waals surface area contributed by atoms with Crippen LogP contribution in [-0.4, -0.2) is 21.6 Å². The largest absolute Gasteiger partial charge is 0.573 e. The van der Waals surface area contributed by atoms with Crippen molar-refractivity contribution in [1.82, 2.24) is 4.98 Å². The van der Waals surface area contributed by atoms with Crippen LogP contribution >= 0.6 is 0 Å². The second-order valence-electron chi connectivity index (χ2n) is 2.74. The highest BCUT2D eigenvalue weighted by Gasteiger charge is 2.33. The van der Waals surface area contributed by atoms with E-state index in [-0.39, 0.29) is 5.69 Å². The Balaban J connectivity index is 3.13. The van der Waals surface area contributed by atoms with Gasteiger partial charge in [-0.15, -0.1) is 13.2 Å². The predicted molar refractivity (Wildman–Crippen MR) is 43.3 cm³/mol. The third-order valence-electron chi connectivity index (χ3n) is 1.62. The molecule has 0 radical (unpaired) electrons. The summed E-state index contributed by atoms with van der Waals surface area (Å²) < 4.78 is 51.4. The molecule has 1 aromatic heterocycles. The average Bonchev–Trinajstić information content (AvgIpc) is 2.16. The number of rotatable bonds is 3. The molecule has 1 rings (SSSR count). The molecule has 0 spiro atoms. The van der Waals surface area contributed by atoms with Crippen LogP contribution in [0.1, 0.15) is 11.4 Å². The highest BCUT2D eigenvalue weighted by Crippen LogP contribution is 2.30. The number of aromatic hydroxyl groups is 1. The number of hydrogen-bond donors (Lipinski definition) is 2. The SMILES string of the molecule is OCc1nc(CF)c(OC(F)(F)F)cc1O. The van der Waals surface area contributed by atoms with E-state index >= 15 is 0 Å². The lowest BCUT2D eigenvalue weighted by atomic mass is 10.2. The van der Waals surface area contributed by atoms with Gasteiger partial charge in [0, 0.05) is 6.07 Å². The number of ether oxygens (including phenoxy) is 1. The zero-order valence-corrected chi connectivity index (χ0v) is 7.75. The maximum absolute atomic E-state index is 12.3. The van der Waals surface area contributed by atoms with E-state index in [9.17, 15) is 17.6 Å². The number of hydrogen-bond acceptors (Lipinski definition) is 4. The van der Waals surface area contributed by atoms with E-state index in [4.69, 9.17) is 10.2 Å². The summed E-state index contributed by atoms with van der Waals surface area (Å²) in [4.78, 5) is 3.29. The number of nitrogens with zero attached hydrogens (tertiary/aromatic N) is 1. The van der Waals surface area contributed by atoms with Crippen LogP contribution in [0.3, 0.4) is 0 Å². The summed E-state index contributed by atoms with van der Waals surface area (Å²) in [6.45, 7) is -2.02. The topological polar surface area (TPSA) is 62.6 Å². The van der Waals surface area contributed by atoms with Crippen molar-refractivity contribution in [3.8, 4) is 11.5 Å². The number of halogens is 4. The zero-order valence-electron chi connectivity index (χ0n) is 7.75. The van der Waals surface area contributed by atoms with Gasteiger partial charge in [0.15, 0.2) is 5.75 Å². The van der Waals surface area contributed by atoms with Crippen LogP contribution in [0.25, 0.3) is 0 Å². The number of aliphatic hydroxyl groups excluding tert-OH is 1. The first-order valence-corrected chi connectivity index (χ1v) is 4.01. The van der Waals surface area contributed by atoms with Gasteiger partial charge in [0.2, 0.25) is 0 Å². The molecule has 0 amide bonds. The fraction of sp³-hybridized carbons (Fsp3) is 0.375. The molecule has 0 aliphatic heterocycles. The van der Waals surface area contributed by atoms with Gasteiger partial charge < -0.3 is 14.9 Å². The van der Waals surface area contributed by atoms with Crippen LogP contribution < -0.4 is 4.74 Å². The summed E-state index contributed by atoms with van der Waals surface area (Å²) in [7, 11) is 0. The second kappa shape index (κ2) is 4.52. The first-order valence-electron chi connectivity index (χ1n) is 4.01. The molecule has 0 aliphatic carbocycles. The maximum atomic E-state index is 12.3. The van der Waals surface area contributed by atoms with Gasteiger partial charge in [-0.05, 0) is 0 Å². The molecule has 16 heavy (non-hydrogen) atoms. The minimum atomic E-state index is -5.00. The molecule has 90 valence electrons. The van der Waals surface area contributed by atoms with Gasteiger partial charge in [-0.2, -0.15) is 0 Å². The van der Waals surface area contributed by atoms with Crippen molar-refractivity contribution >= 4 is 0 Å². The van der Waals surface area contributed by atoms with E-state index in [1.54, 1.807) is 0 Å². The summed E-state index contributed by atoms with van der Waals surface area (Å²) in [5.41, 5.74) is -0.957. The van der Waals surface area contributed by atoms with E-state index in [1.807, 2.05) is 0 Å². The van der Waals surface area contributed by atoms with Crippen molar-refractivity contribution in [2.75, 3.05) is 0 Å². The molecule has 1 heterocycles.